The van der Waals surface area contributed by atoms with Crippen LogP contribution in [0.5, 0.6) is 0 Å². The highest BCUT2D eigenvalue weighted by atomic mass is 28.4. The SMILES string of the molecule is CC[Si](CC)(CC)O[C@@H](Cc1nc([C@H](C/C=C/C=C/[C@@H](C[C@@H](CC=O)O[Si](C)(C)C(C)(C)C)OC)OC)co1)C(C)(C)[C@@H](O)C[C@H](OC)[C@@H](C)CO[Si](C)(C)C(C)(C)C. The van der Waals surface area contributed by atoms with Crippen LogP contribution in [0.3, 0.4) is 0 Å². The lowest BCUT2D eigenvalue weighted by atomic mass is 9.76. The summed E-state index contributed by atoms with van der Waals surface area (Å²) in [5.74, 6) is 0.669. The Bertz CT molecular complexity index is 1390. The van der Waals surface area contributed by atoms with Gasteiger partial charge in [-0.2, -0.15) is 0 Å². The van der Waals surface area contributed by atoms with Crippen LogP contribution in [0.4, 0.5) is 0 Å². The van der Waals surface area contributed by atoms with Gasteiger partial charge in [0.05, 0.1) is 30.5 Å². The summed E-state index contributed by atoms with van der Waals surface area (Å²) in [6.07, 6.45) is 11.1. The number of aliphatic hydroxyl groups excluding tert-OH is 1. The number of aromatic nitrogens is 1. The quantitative estimate of drug-likeness (QED) is 0.0473. The molecular weight excluding hydrogens is 795 g/mol. The van der Waals surface area contributed by atoms with Crippen molar-refractivity contribution < 1.29 is 41.8 Å². The molecule has 0 saturated heterocycles. The fourth-order valence-corrected chi connectivity index (χ4v) is 12.1. The van der Waals surface area contributed by atoms with Gasteiger partial charge < -0.3 is 41.8 Å². The van der Waals surface area contributed by atoms with Crippen molar-refractivity contribution in [2.75, 3.05) is 27.9 Å². The first-order chi connectivity index (χ1) is 27.2. The van der Waals surface area contributed by atoms with Gasteiger partial charge >= 0.3 is 0 Å². The fraction of sp³-hybridized carbons (Fsp3) is 0.826. The number of aldehydes is 1. The van der Waals surface area contributed by atoms with E-state index in [1.54, 1.807) is 27.6 Å². The lowest BCUT2D eigenvalue weighted by Gasteiger charge is -2.44. The molecule has 344 valence electrons. The Labute approximate surface area is 364 Å². The molecule has 13 heteroatoms. The van der Waals surface area contributed by atoms with Gasteiger partial charge in [-0.15, -0.1) is 0 Å². The molecule has 0 aromatic carbocycles. The molecule has 0 aliphatic carbocycles. The highest BCUT2D eigenvalue weighted by Crippen LogP contribution is 2.40. The van der Waals surface area contributed by atoms with E-state index in [0.717, 1.165) is 24.4 Å². The Hall–Kier alpha value is -1.27. The number of nitrogens with zero attached hydrogens (tertiary/aromatic N) is 1. The molecule has 0 unspecified atom stereocenters. The fourth-order valence-electron chi connectivity index (χ4n) is 6.66. The zero-order chi connectivity index (χ0) is 45.5. The van der Waals surface area contributed by atoms with Gasteiger partial charge in [0.2, 0.25) is 0 Å². The number of hydrogen-bond donors (Lipinski definition) is 1. The van der Waals surface area contributed by atoms with Gasteiger partial charge in [-0.1, -0.05) is 107 Å². The van der Waals surface area contributed by atoms with Crippen LogP contribution in [0.1, 0.15) is 126 Å². The monoisotopic (exact) mass is 884 g/mol. The molecule has 1 heterocycles. The third kappa shape index (κ3) is 17.1. The molecule has 0 radical (unpaired) electrons. The van der Waals surface area contributed by atoms with Crippen molar-refractivity contribution >= 4 is 31.2 Å². The van der Waals surface area contributed by atoms with Gasteiger partial charge in [0.1, 0.15) is 24.3 Å². The van der Waals surface area contributed by atoms with E-state index in [-0.39, 0.29) is 46.5 Å². The minimum Gasteiger partial charge on any atom is -0.449 e. The van der Waals surface area contributed by atoms with E-state index in [0.29, 0.717) is 50.3 Å². The number of rotatable bonds is 29. The molecular formula is C46H89NO9Si3. The van der Waals surface area contributed by atoms with Crippen molar-refractivity contribution in [3.63, 3.8) is 0 Å². The summed E-state index contributed by atoms with van der Waals surface area (Å²) >= 11 is 0. The summed E-state index contributed by atoms with van der Waals surface area (Å²) in [5.41, 5.74) is 0.0748. The van der Waals surface area contributed by atoms with Crippen molar-refractivity contribution in [1.82, 2.24) is 4.98 Å². The maximum absolute atomic E-state index is 12.0. The lowest BCUT2D eigenvalue weighted by Crippen LogP contribution is -2.51. The maximum atomic E-state index is 12.0. The Morgan fingerprint density at radius 2 is 1.41 bits per heavy atom. The summed E-state index contributed by atoms with van der Waals surface area (Å²) in [5, 5.41) is 12.2. The van der Waals surface area contributed by atoms with E-state index in [1.165, 1.54) is 0 Å². The molecule has 7 atom stereocenters. The van der Waals surface area contributed by atoms with Gasteiger partial charge in [-0.25, -0.2) is 4.98 Å². The van der Waals surface area contributed by atoms with E-state index in [4.69, 9.17) is 36.9 Å². The summed E-state index contributed by atoms with van der Waals surface area (Å²) in [7, 11) is -0.984. The van der Waals surface area contributed by atoms with Gasteiger partial charge in [-0.3, -0.25) is 0 Å². The molecule has 0 saturated carbocycles. The van der Waals surface area contributed by atoms with Crippen molar-refractivity contribution in [3.05, 3.63) is 42.2 Å². The van der Waals surface area contributed by atoms with Crippen LogP contribution in [-0.2, 0) is 38.7 Å². The molecule has 1 N–H and O–H groups in total. The smallest absolute Gasteiger partial charge is 0.196 e. The van der Waals surface area contributed by atoms with E-state index in [9.17, 15) is 9.90 Å². The molecule has 1 aromatic rings. The number of aliphatic hydroxyl groups is 1. The number of ether oxygens (including phenoxy) is 3. The van der Waals surface area contributed by atoms with Gasteiger partial charge in [-0.05, 0) is 60.8 Å². The molecule has 0 aliphatic rings. The predicted octanol–water partition coefficient (Wildman–Crippen LogP) is 11.6. The molecule has 1 aromatic heterocycles. The second kappa shape index (κ2) is 24.5. The summed E-state index contributed by atoms with van der Waals surface area (Å²) in [4.78, 5) is 16.4. The maximum Gasteiger partial charge on any atom is 0.196 e. The van der Waals surface area contributed by atoms with Crippen molar-refractivity contribution in [2.45, 2.75) is 206 Å². The topological polar surface area (TPSA) is 119 Å². The van der Waals surface area contributed by atoms with Gasteiger partial charge in [0.25, 0.3) is 0 Å². The standard InChI is InChI=1S/C46H89NO9Si3/c1-20-59(21-2,22-3)56-42(46(11,12)41(49)31-40(52-15)35(4)33-54-57(16,17)44(5,6)7)32-43-47-38(34-53-43)39(51-14)27-25-23-24-26-36(50-13)30-37(28-29-48)55-58(18,19)45(8,9)10/h23-26,29,34-37,39-42,49H,20-22,27-28,30-33H2,1-19H3/b25-23+,26-24+/t35-,36-,37+,39-,40-,41-,42-/m0/s1. The lowest BCUT2D eigenvalue weighted by molar-refractivity contribution is -0.109. The average molecular weight is 884 g/mol. The first-order valence-electron chi connectivity index (χ1n) is 22.2. The molecule has 1 rings (SSSR count). The van der Waals surface area contributed by atoms with E-state index >= 15 is 0 Å². The van der Waals surface area contributed by atoms with Crippen LogP contribution in [0.2, 0.25) is 54.4 Å². The summed E-state index contributed by atoms with van der Waals surface area (Å²) in [6, 6.07) is 2.97. The number of allylic oxidation sites excluding steroid dienone is 2. The summed E-state index contributed by atoms with van der Waals surface area (Å²) < 4.78 is 44.1. The Morgan fingerprint density at radius 1 is 0.814 bits per heavy atom. The molecule has 0 spiro atoms. The van der Waals surface area contributed by atoms with Crippen molar-refractivity contribution in [2.24, 2.45) is 11.3 Å². The summed E-state index contributed by atoms with van der Waals surface area (Å²) in [6.45, 7) is 35.9. The van der Waals surface area contributed by atoms with Gasteiger partial charge in [0.15, 0.2) is 30.8 Å². The van der Waals surface area contributed by atoms with E-state index in [2.05, 4.69) is 109 Å². The van der Waals surface area contributed by atoms with Gasteiger partial charge in [0, 0.05) is 65.0 Å². The number of methoxy groups -OCH3 is 3. The third-order valence-electron chi connectivity index (χ3n) is 13.8. The Balaban J connectivity index is 3.20. The first kappa shape index (κ1) is 55.7. The molecule has 0 fully saturated rings. The Morgan fingerprint density at radius 3 is 1.90 bits per heavy atom. The zero-order valence-corrected chi connectivity index (χ0v) is 44.0. The molecule has 10 nitrogen and oxygen atoms in total. The van der Waals surface area contributed by atoms with Crippen LogP contribution in [0.25, 0.3) is 0 Å². The van der Waals surface area contributed by atoms with Crippen molar-refractivity contribution in [1.29, 1.82) is 0 Å². The highest BCUT2D eigenvalue weighted by Gasteiger charge is 2.45. The van der Waals surface area contributed by atoms with Crippen LogP contribution in [0, 0.1) is 11.3 Å². The van der Waals surface area contributed by atoms with Crippen molar-refractivity contribution in [3.8, 4) is 0 Å². The largest absolute Gasteiger partial charge is 0.449 e. The van der Waals surface area contributed by atoms with E-state index < -0.39 is 36.5 Å². The van der Waals surface area contributed by atoms with Crippen LogP contribution >= 0.6 is 0 Å². The Kier molecular flexibility index (Phi) is 23.2. The van der Waals surface area contributed by atoms with E-state index in [1.807, 2.05) is 24.3 Å². The number of oxazole rings is 1. The predicted molar refractivity (Wildman–Crippen MR) is 251 cm³/mol. The second-order valence-corrected chi connectivity index (χ2v) is 34.6. The second-order valence-electron chi connectivity index (χ2n) is 20.3. The van der Waals surface area contributed by atoms with Crippen LogP contribution in [-0.4, -0.2) is 99.8 Å². The normalized spacial score (nSPS) is 17.6. The first-order valence-corrected chi connectivity index (χ1v) is 30.5. The molecule has 0 bridgehead atoms. The molecule has 0 amide bonds. The minimum atomic E-state index is -2.10. The molecule has 0 aliphatic heterocycles. The number of hydrogen-bond acceptors (Lipinski definition) is 10. The number of carbonyl (C=O) groups excluding carboxylic acids is 1. The zero-order valence-electron chi connectivity index (χ0n) is 41.0. The average Bonchev–Trinajstić information content (AvgIpc) is 3.62. The minimum absolute atomic E-state index is 0.0486. The molecule has 59 heavy (non-hydrogen) atoms. The van der Waals surface area contributed by atoms with Crippen LogP contribution < -0.4 is 0 Å². The highest BCUT2D eigenvalue weighted by molar-refractivity contribution is 6.74. The van der Waals surface area contributed by atoms with Crippen LogP contribution in [0.15, 0.2) is 35.0 Å². The number of carbonyl (C=O) groups is 1. The third-order valence-corrected chi connectivity index (χ3v) is 27.5.